The van der Waals surface area contributed by atoms with Gasteiger partial charge in [0.2, 0.25) is 0 Å². The van der Waals surface area contributed by atoms with E-state index in [2.05, 4.69) is 155 Å². The number of pyridine rings is 1. The smallest absolute Gasteiger partial charge is 0.0462 e. The summed E-state index contributed by atoms with van der Waals surface area (Å²) in [6.07, 6.45) is 3.68. The van der Waals surface area contributed by atoms with E-state index >= 15 is 0 Å². The van der Waals surface area contributed by atoms with Gasteiger partial charge in [0.25, 0.3) is 0 Å². The minimum atomic E-state index is 1.12. The minimum Gasteiger partial charge on any atom is -0.311 e. The largest absolute Gasteiger partial charge is 0.311 e. The third-order valence-corrected chi connectivity index (χ3v) is 7.58. The summed E-state index contributed by atoms with van der Waals surface area (Å²) in [5.41, 5.74) is 10.6. The van der Waals surface area contributed by atoms with Crippen molar-refractivity contribution in [1.29, 1.82) is 0 Å². The number of fused-ring (bicyclic) bond motifs is 1. The first-order chi connectivity index (χ1) is 20.3. The van der Waals surface area contributed by atoms with Crippen LogP contribution in [0.1, 0.15) is 0 Å². The number of hydrogen-bond donors (Lipinski definition) is 0. The maximum absolute atomic E-state index is 4.15. The van der Waals surface area contributed by atoms with Crippen LogP contribution < -0.4 is 4.90 Å². The molecule has 0 aliphatic heterocycles. The quantitative estimate of drug-likeness (QED) is 0.215. The number of hydrogen-bond acceptors (Lipinski definition) is 2. The van der Waals surface area contributed by atoms with Gasteiger partial charge in [0.05, 0.1) is 0 Å². The van der Waals surface area contributed by atoms with Gasteiger partial charge in [-0.05, 0) is 92.7 Å². The molecule has 2 heteroatoms. The van der Waals surface area contributed by atoms with E-state index in [1.165, 1.54) is 44.2 Å². The third-order valence-electron chi connectivity index (χ3n) is 7.58. The molecule has 0 saturated carbocycles. The number of benzene rings is 6. The van der Waals surface area contributed by atoms with Gasteiger partial charge in [0, 0.05) is 29.5 Å². The van der Waals surface area contributed by atoms with Crippen LogP contribution >= 0.6 is 0 Å². The predicted molar refractivity (Wildman–Crippen MR) is 173 cm³/mol. The van der Waals surface area contributed by atoms with E-state index in [9.17, 15) is 0 Å². The van der Waals surface area contributed by atoms with Gasteiger partial charge in [-0.15, -0.1) is 0 Å². The van der Waals surface area contributed by atoms with Crippen LogP contribution in [0.15, 0.2) is 170 Å². The lowest BCUT2D eigenvalue weighted by molar-refractivity contribution is 1.28. The standard InChI is InChI=1S/C39H28N2/c1-3-11-34(12-4-1)41(35-13-5-2-6-14-35)36-23-21-32(22-24-36)38-16-8-10-33-9-7-15-37(39(33)38)31-19-17-29(18-20-31)30-25-27-40-28-26-30/h1-28H. The van der Waals surface area contributed by atoms with Crippen LogP contribution in [0.2, 0.25) is 0 Å². The fourth-order valence-electron chi connectivity index (χ4n) is 5.60. The van der Waals surface area contributed by atoms with Crippen LogP contribution in [0.5, 0.6) is 0 Å². The average Bonchev–Trinajstić information content (AvgIpc) is 3.06. The molecular formula is C39H28N2. The maximum atomic E-state index is 4.15. The summed E-state index contributed by atoms with van der Waals surface area (Å²) in [6.45, 7) is 0. The van der Waals surface area contributed by atoms with Crippen molar-refractivity contribution in [1.82, 2.24) is 4.98 Å². The zero-order chi connectivity index (χ0) is 27.4. The molecule has 0 spiro atoms. The number of aromatic nitrogens is 1. The Kier molecular flexibility index (Phi) is 6.56. The van der Waals surface area contributed by atoms with Gasteiger partial charge in [-0.25, -0.2) is 0 Å². The predicted octanol–water partition coefficient (Wildman–Crippen LogP) is 10.7. The van der Waals surface area contributed by atoms with Crippen molar-refractivity contribution in [2.75, 3.05) is 4.90 Å². The molecule has 1 aromatic heterocycles. The van der Waals surface area contributed by atoms with Crippen LogP contribution in [-0.2, 0) is 0 Å². The summed E-state index contributed by atoms with van der Waals surface area (Å²) < 4.78 is 0. The fourth-order valence-corrected chi connectivity index (χ4v) is 5.60. The van der Waals surface area contributed by atoms with E-state index in [1.807, 2.05) is 24.5 Å². The molecule has 0 bridgehead atoms. The molecule has 0 aliphatic rings. The number of anilines is 3. The highest BCUT2D eigenvalue weighted by atomic mass is 15.1. The lowest BCUT2D eigenvalue weighted by Gasteiger charge is -2.25. The molecule has 0 radical (unpaired) electrons. The Morgan fingerprint density at radius 3 is 1.32 bits per heavy atom. The Hall–Kier alpha value is -5.47. The molecule has 2 nitrogen and oxygen atoms in total. The van der Waals surface area contributed by atoms with E-state index in [0.29, 0.717) is 0 Å². The van der Waals surface area contributed by atoms with Gasteiger partial charge in [-0.1, -0.05) is 109 Å². The molecule has 41 heavy (non-hydrogen) atoms. The summed E-state index contributed by atoms with van der Waals surface area (Å²) in [5, 5.41) is 2.50. The second kappa shape index (κ2) is 11.0. The third kappa shape index (κ3) is 4.88. The van der Waals surface area contributed by atoms with Gasteiger partial charge < -0.3 is 4.90 Å². The molecule has 7 aromatic rings. The highest BCUT2D eigenvalue weighted by Gasteiger charge is 2.14. The van der Waals surface area contributed by atoms with Gasteiger partial charge >= 0.3 is 0 Å². The van der Waals surface area contributed by atoms with Crippen LogP contribution in [0.25, 0.3) is 44.2 Å². The van der Waals surface area contributed by atoms with Gasteiger partial charge in [0.1, 0.15) is 0 Å². The van der Waals surface area contributed by atoms with Crippen molar-refractivity contribution in [2.45, 2.75) is 0 Å². The zero-order valence-electron chi connectivity index (χ0n) is 22.6. The second-order valence-corrected chi connectivity index (χ2v) is 10.1. The van der Waals surface area contributed by atoms with Crippen molar-refractivity contribution < 1.29 is 0 Å². The van der Waals surface area contributed by atoms with Crippen LogP contribution in [0.3, 0.4) is 0 Å². The van der Waals surface area contributed by atoms with E-state index in [1.54, 1.807) is 0 Å². The summed E-state index contributed by atoms with van der Waals surface area (Å²) >= 11 is 0. The van der Waals surface area contributed by atoms with Crippen LogP contribution in [0, 0.1) is 0 Å². The molecule has 0 N–H and O–H groups in total. The first-order valence-corrected chi connectivity index (χ1v) is 13.9. The highest BCUT2D eigenvalue weighted by molar-refractivity contribution is 6.06. The number of para-hydroxylation sites is 2. The normalized spacial score (nSPS) is 10.9. The molecule has 0 amide bonds. The first-order valence-electron chi connectivity index (χ1n) is 13.9. The number of rotatable bonds is 6. The summed E-state index contributed by atoms with van der Waals surface area (Å²) in [5.74, 6) is 0. The first kappa shape index (κ1) is 24.6. The molecule has 7 rings (SSSR count). The molecule has 6 aromatic carbocycles. The molecular weight excluding hydrogens is 496 g/mol. The van der Waals surface area contributed by atoms with Crippen molar-refractivity contribution in [3.05, 3.63) is 170 Å². The maximum Gasteiger partial charge on any atom is 0.0462 e. The molecule has 0 aliphatic carbocycles. The lowest BCUT2D eigenvalue weighted by atomic mass is 9.91. The van der Waals surface area contributed by atoms with E-state index in [-0.39, 0.29) is 0 Å². The van der Waals surface area contributed by atoms with Crippen molar-refractivity contribution in [3.63, 3.8) is 0 Å². The molecule has 194 valence electrons. The second-order valence-electron chi connectivity index (χ2n) is 10.1. The molecule has 0 saturated heterocycles. The SMILES string of the molecule is c1ccc(N(c2ccccc2)c2ccc(-c3cccc4cccc(-c5ccc(-c6ccncc6)cc5)c34)cc2)cc1. The Morgan fingerprint density at radius 2 is 0.780 bits per heavy atom. The van der Waals surface area contributed by atoms with E-state index < -0.39 is 0 Å². The Morgan fingerprint density at radius 1 is 0.341 bits per heavy atom. The van der Waals surface area contributed by atoms with Gasteiger partial charge in [-0.2, -0.15) is 0 Å². The monoisotopic (exact) mass is 524 g/mol. The zero-order valence-corrected chi connectivity index (χ0v) is 22.6. The average molecular weight is 525 g/mol. The Balaban J connectivity index is 1.30. The van der Waals surface area contributed by atoms with Crippen molar-refractivity contribution in [2.24, 2.45) is 0 Å². The summed E-state index contributed by atoms with van der Waals surface area (Å²) in [6, 6.07) is 56.1. The van der Waals surface area contributed by atoms with Gasteiger partial charge in [0.15, 0.2) is 0 Å². The van der Waals surface area contributed by atoms with Crippen molar-refractivity contribution >= 4 is 27.8 Å². The molecule has 0 fully saturated rings. The number of nitrogens with zero attached hydrogens (tertiary/aromatic N) is 2. The van der Waals surface area contributed by atoms with Crippen LogP contribution in [0.4, 0.5) is 17.1 Å². The summed E-state index contributed by atoms with van der Waals surface area (Å²) in [7, 11) is 0. The lowest BCUT2D eigenvalue weighted by Crippen LogP contribution is -2.09. The fraction of sp³-hybridized carbons (Fsp3) is 0. The minimum absolute atomic E-state index is 1.12. The van der Waals surface area contributed by atoms with E-state index in [4.69, 9.17) is 0 Å². The highest BCUT2D eigenvalue weighted by Crippen LogP contribution is 2.39. The Labute approximate surface area is 240 Å². The Bertz CT molecular complexity index is 1850. The molecule has 0 unspecified atom stereocenters. The summed E-state index contributed by atoms with van der Waals surface area (Å²) in [4.78, 5) is 6.45. The molecule has 1 heterocycles. The van der Waals surface area contributed by atoms with Crippen LogP contribution in [-0.4, -0.2) is 4.98 Å². The van der Waals surface area contributed by atoms with E-state index in [0.717, 1.165) is 17.1 Å². The topological polar surface area (TPSA) is 16.1 Å². The van der Waals surface area contributed by atoms with Crippen molar-refractivity contribution in [3.8, 4) is 33.4 Å². The van der Waals surface area contributed by atoms with Gasteiger partial charge in [-0.3, -0.25) is 4.98 Å². The molecule has 0 atom stereocenters.